The standard InChI is InChI=1S/C18H15F3INO3/c1-26-17(25)15(10-11-5-2-3-8-14(11)22)23-16(24)12-6-4-7-13(9-12)18(19,20)21/h2-9,15H,10H2,1H3,(H,23,24)/t15-/m1/s1. The molecule has 0 radical (unpaired) electrons. The van der Waals surface area contributed by atoms with Crippen molar-refractivity contribution < 1.29 is 27.5 Å². The van der Waals surface area contributed by atoms with E-state index in [1.807, 2.05) is 12.1 Å². The number of amides is 1. The lowest BCUT2D eigenvalue weighted by molar-refractivity contribution is -0.143. The van der Waals surface area contributed by atoms with Crippen LogP contribution in [0.5, 0.6) is 0 Å². The van der Waals surface area contributed by atoms with Gasteiger partial charge in [-0.15, -0.1) is 0 Å². The van der Waals surface area contributed by atoms with Crippen LogP contribution < -0.4 is 5.32 Å². The minimum absolute atomic E-state index is 0.163. The van der Waals surface area contributed by atoms with Crippen molar-refractivity contribution in [3.63, 3.8) is 0 Å². The molecule has 0 aliphatic heterocycles. The van der Waals surface area contributed by atoms with Gasteiger partial charge in [-0.1, -0.05) is 24.3 Å². The monoisotopic (exact) mass is 477 g/mol. The molecule has 138 valence electrons. The molecule has 2 aromatic rings. The van der Waals surface area contributed by atoms with Crippen LogP contribution in [-0.4, -0.2) is 25.0 Å². The Morgan fingerprint density at radius 2 is 1.85 bits per heavy atom. The fraction of sp³-hybridized carbons (Fsp3) is 0.222. The average Bonchev–Trinajstić information content (AvgIpc) is 2.61. The number of hydrogen-bond donors (Lipinski definition) is 1. The number of benzene rings is 2. The van der Waals surface area contributed by atoms with Gasteiger partial charge in [0.15, 0.2) is 0 Å². The number of esters is 1. The molecule has 0 spiro atoms. The number of methoxy groups -OCH3 is 1. The highest BCUT2D eigenvalue weighted by Crippen LogP contribution is 2.29. The summed E-state index contributed by atoms with van der Waals surface area (Å²) in [5.41, 5.74) is -0.304. The summed E-state index contributed by atoms with van der Waals surface area (Å²) in [5, 5.41) is 2.45. The molecule has 1 N–H and O–H groups in total. The Balaban J connectivity index is 2.22. The van der Waals surface area contributed by atoms with Crippen molar-refractivity contribution in [3.05, 3.63) is 68.8 Å². The molecule has 0 aliphatic carbocycles. The van der Waals surface area contributed by atoms with Crippen molar-refractivity contribution in [3.8, 4) is 0 Å². The van der Waals surface area contributed by atoms with Crippen LogP contribution in [0.1, 0.15) is 21.5 Å². The number of rotatable bonds is 5. The zero-order valence-corrected chi connectivity index (χ0v) is 15.8. The Labute approximate surface area is 161 Å². The first-order valence-electron chi connectivity index (χ1n) is 7.51. The number of alkyl halides is 3. The zero-order valence-electron chi connectivity index (χ0n) is 13.6. The van der Waals surface area contributed by atoms with Gasteiger partial charge in [0.05, 0.1) is 12.7 Å². The molecule has 26 heavy (non-hydrogen) atoms. The van der Waals surface area contributed by atoms with Gasteiger partial charge >= 0.3 is 12.1 Å². The van der Waals surface area contributed by atoms with Crippen molar-refractivity contribution >= 4 is 34.5 Å². The first-order chi connectivity index (χ1) is 12.2. The fourth-order valence-electron chi connectivity index (χ4n) is 2.30. The molecule has 4 nitrogen and oxygen atoms in total. The van der Waals surface area contributed by atoms with Gasteiger partial charge in [0.2, 0.25) is 0 Å². The van der Waals surface area contributed by atoms with Gasteiger partial charge < -0.3 is 10.1 Å². The summed E-state index contributed by atoms with van der Waals surface area (Å²) in [6.45, 7) is 0. The minimum atomic E-state index is -4.56. The molecule has 1 amide bonds. The number of nitrogens with one attached hydrogen (secondary N) is 1. The first-order valence-corrected chi connectivity index (χ1v) is 8.59. The van der Waals surface area contributed by atoms with Crippen LogP contribution in [0.25, 0.3) is 0 Å². The molecule has 0 aromatic heterocycles. The molecule has 0 heterocycles. The van der Waals surface area contributed by atoms with Crippen molar-refractivity contribution in [1.82, 2.24) is 5.32 Å². The molecule has 0 saturated heterocycles. The van der Waals surface area contributed by atoms with Crippen LogP contribution >= 0.6 is 22.6 Å². The van der Waals surface area contributed by atoms with Gasteiger partial charge in [0.25, 0.3) is 5.91 Å². The smallest absolute Gasteiger partial charge is 0.416 e. The summed E-state index contributed by atoms with van der Waals surface area (Å²) in [5.74, 6) is -1.46. The second-order valence-corrected chi connectivity index (χ2v) is 6.59. The van der Waals surface area contributed by atoms with Gasteiger partial charge in [-0.2, -0.15) is 13.2 Å². The largest absolute Gasteiger partial charge is 0.467 e. The van der Waals surface area contributed by atoms with Gasteiger partial charge in [0, 0.05) is 15.6 Å². The molecule has 1 atom stereocenters. The average molecular weight is 477 g/mol. The maximum Gasteiger partial charge on any atom is 0.416 e. The predicted octanol–water partition coefficient (Wildman–Crippen LogP) is 3.82. The second-order valence-electron chi connectivity index (χ2n) is 5.42. The van der Waals surface area contributed by atoms with Crippen LogP contribution in [0.15, 0.2) is 48.5 Å². The van der Waals surface area contributed by atoms with Gasteiger partial charge in [-0.25, -0.2) is 4.79 Å². The van der Waals surface area contributed by atoms with E-state index in [4.69, 9.17) is 4.74 Å². The summed E-state index contributed by atoms with van der Waals surface area (Å²) in [6.07, 6.45) is -4.39. The van der Waals surface area contributed by atoms with Gasteiger partial charge in [-0.3, -0.25) is 4.79 Å². The maximum atomic E-state index is 12.8. The number of halogens is 4. The van der Waals surface area contributed by atoms with E-state index < -0.39 is 29.7 Å². The summed E-state index contributed by atoms with van der Waals surface area (Å²) in [7, 11) is 1.18. The molecule has 0 fully saturated rings. The molecule has 0 unspecified atom stereocenters. The van der Waals surface area contributed by atoms with E-state index in [9.17, 15) is 22.8 Å². The topological polar surface area (TPSA) is 55.4 Å². The molecule has 2 rings (SSSR count). The van der Waals surface area contributed by atoms with Crippen LogP contribution in [0.4, 0.5) is 13.2 Å². The third kappa shape index (κ3) is 5.20. The van der Waals surface area contributed by atoms with Crippen molar-refractivity contribution in [1.29, 1.82) is 0 Å². The van der Waals surface area contributed by atoms with E-state index in [1.54, 1.807) is 12.1 Å². The Hall–Kier alpha value is -2.10. The Kier molecular flexibility index (Phi) is 6.63. The van der Waals surface area contributed by atoms with Crippen molar-refractivity contribution in [2.75, 3.05) is 7.11 Å². The van der Waals surface area contributed by atoms with Crippen LogP contribution in [-0.2, 0) is 22.1 Å². The third-order valence-electron chi connectivity index (χ3n) is 3.62. The van der Waals surface area contributed by atoms with Crippen LogP contribution in [0.2, 0.25) is 0 Å². The SMILES string of the molecule is COC(=O)[C@@H](Cc1ccccc1I)NC(=O)c1cccc(C(F)(F)F)c1. The zero-order chi connectivity index (χ0) is 19.3. The van der Waals surface area contributed by atoms with Crippen molar-refractivity contribution in [2.24, 2.45) is 0 Å². The third-order valence-corrected chi connectivity index (χ3v) is 4.68. The number of carbonyl (C=O) groups excluding carboxylic acids is 2. The lowest BCUT2D eigenvalue weighted by atomic mass is 10.0. The van der Waals surface area contributed by atoms with E-state index in [1.165, 1.54) is 13.2 Å². The highest BCUT2D eigenvalue weighted by atomic mass is 127. The van der Waals surface area contributed by atoms with E-state index >= 15 is 0 Å². The predicted molar refractivity (Wildman–Crippen MR) is 97.6 cm³/mol. The molecule has 0 bridgehead atoms. The van der Waals surface area contributed by atoms with E-state index in [0.29, 0.717) is 0 Å². The summed E-state index contributed by atoms with van der Waals surface area (Å²) >= 11 is 2.10. The lowest BCUT2D eigenvalue weighted by Gasteiger charge is -2.18. The maximum absolute atomic E-state index is 12.8. The minimum Gasteiger partial charge on any atom is -0.467 e. The summed E-state index contributed by atoms with van der Waals surface area (Å²) < 4.78 is 44.0. The Bertz CT molecular complexity index is 808. The molecule has 2 aromatic carbocycles. The normalized spacial score (nSPS) is 12.3. The van der Waals surface area contributed by atoms with Crippen LogP contribution in [0.3, 0.4) is 0 Å². The second kappa shape index (κ2) is 8.52. The fourth-order valence-corrected chi connectivity index (χ4v) is 2.91. The van der Waals surface area contributed by atoms with E-state index in [2.05, 4.69) is 27.9 Å². The molecular weight excluding hydrogens is 462 g/mol. The molecule has 8 heteroatoms. The van der Waals surface area contributed by atoms with Gasteiger partial charge in [-0.05, 0) is 52.4 Å². The number of hydrogen-bond acceptors (Lipinski definition) is 3. The first kappa shape index (κ1) is 20.2. The molecular formula is C18H15F3INO3. The highest BCUT2D eigenvalue weighted by molar-refractivity contribution is 14.1. The van der Waals surface area contributed by atoms with E-state index in [0.717, 1.165) is 27.3 Å². The Morgan fingerprint density at radius 3 is 2.46 bits per heavy atom. The summed E-state index contributed by atoms with van der Waals surface area (Å²) in [4.78, 5) is 24.3. The Morgan fingerprint density at radius 1 is 1.15 bits per heavy atom. The summed E-state index contributed by atoms with van der Waals surface area (Å²) in [6, 6.07) is 10.3. The molecule has 0 aliphatic rings. The number of ether oxygens (including phenoxy) is 1. The van der Waals surface area contributed by atoms with Gasteiger partial charge in [0.1, 0.15) is 6.04 Å². The highest BCUT2D eigenvalue weighted by Gasteiger charge is 2.31. The number of carbonyl (C=O) groups is 2. The van der Waals surface area contributed by atoms with E-state index in [-0.39, 0.29) is 12.0 Å². The lowest BCUT2D eigenvalue weighted by Crippen LogP contribution is -2.43. The molecule has 0 saturated carbocycles. The van der Waals surface area contributed by atoms with Crippen molar-refractivity contribution in [2.45, 2.75) is 18.6 Å². The van der Waals surface area contributed by atoms with Crippen LogP contribution in [0, 0.1) is 3.57 Å². The quantitative estimate of drug-likeness (QED) is 0.527.